The van der Waals surface area contributed by atoms with Crippen LogP contribution in [0.15, 0.2) is 0 Å². The minimum absolute atomic E-state index is 0.0751. The molecule has 0 aliphatic rings. The lowest BCUT2D eigenvalue weighted by Crippen LogP contribution is -2.49. The summed E-state index contributed by atoms with van der Waals surface area (Å²) in [5, 5.41) is 14.2. The van der Waals surface area contributed by atoms with Crippen molar-refractivity contribution in [2.75, 3.05) is 6.54 Å². The van der Waals surface area contributed by atoms with Gasteiger partial charge in [-0.15, -0.1) is 0 Å². The second-order valence-electron chi connectivity index (χ2n) is 4.31. The minimum atomic E-state index is -0.983. The number of amides is 2. The van der Waals surface area contributed by atoms with Gasteiger partial charge in [0.2, 0.25) is 0 Å². The number of carboxylic acid groups (broad SMARTS) is 1. The van der Waals surface area contributed by atoms with Crippen molar-refractivity contribution >= 4 is 12.0 Å². The zero-order chi connectivity index (χ0) is 13.3. The summed E-state index contributed by atoms with van der Waals surface area (Å²) in [6, 6.07) is -1.21. The van der Waals surface area contributed by atoms with Crippen LogP contribution >= 0.6 is 0 Å². The molecule has 3 N–H and O–H groups in total. The molecule has 100 valence electrons. The minimum Gasteiger partial charge on any atom is -0.480 e. The smallest absolute Gasteiger partial charge is 0.326 e. The van der Waals surface area contributed by atoms with Crippen molar-refractivity contribution < 1.29 is 14.7 Å². The Bertz CT molecular complexity index is 244. The van der Waals surface area contributed by atoms with E-state index >= 15 is 0 Å². The van der Waals surface area contributed by atoms with E-state index in [0.717, 1.165) is 19.3 Å². The Morgan fingerprint density at radius 1 is 1.24 bits per heavy atom. The zero-order valence-electron chi connectivity index (χ0n) is 11.0. The van der Waals surface area contributed by atoms with Crippen LogP contribution in [0.2, 0.25) is 0 Å². The molecule has 0 aromatic heterocycles. The summed E-state index contributed by atoms with van der Waals surface area (Å²) in [7, 11) is 0. The normalized spacial score (nSPS) is 13.8. The molecule has 17 heavy (non-hydrogen) atoms. The first kappa shape index (κ1) is 15.7. The van der Waals surface area contributed by atoms with E-state index in [1.165, 1.54) is 0 Å². The average Bonchev–Trinajstić information content (AvgIpc) is 2.30. The number of rotatable bonds is 8. The predicted octanol–water partition coefficient (Wildman–Crippen LogP) is 1.98. The molecule has 0 spiro atoms. The van der Waals surface area contributed by atoms with E-state index in [1.54, 1.807) is 0 Å². The van der Waals surface area contributed by atoms with Gasteiger partial charge in [-0.1, -0.05) is 40.0 Å². The monoisotopic (exact) mass is 244 g/mol. The van der Waals surface area contributed by atoms with Crippen LogP contribution in [0, 0.1) is 5.92 Å². The first-order valence-corrected chi connectivity index (χ1v) is 6.30. The highest BCUT2D eigenvalue weighted by atomic mass is 16.4. The number of urea groups is 1. The second-order valence-corrected chi connectivity index (χ2v) is 4.31. The lowest BCUT2D eigenvalue weighted by molar-refractivity contribution is -0.140. The predicted molar refractivity (Wildman–Crippen MR) is 66.9 cm³/mol. The molecular weight excluding hydrogens is 220 g/mol. The van der Waals surface area contributed by atoms with E-state index in [4.69, 9.17) is 5.11 Å². The van der Waals surface area contributed by atoms with Gasteiger partial charge in [0.05, 0.1) is 0 Å². The molecule has 0 bridgehead atoms. The van der Waals surface area contributed by atoms with Gasteiger partial charge in [-0.3, -0.25) is 0 Å². The molecule has 0 saturated carbocycles. The van der Waals surface area contributed by atoms with Gasteiger partial charge in [0, 0.05) is 6.54 Å². The van der Waals surface area contributed by atoms with Crippen molar-refractivity contribution in [1.82, 2.24) is 10.6 Å². The number of hydrogen-bond acceptors (Lipinski definition) is 2. The number of carbonyl (C=O) groups is 2. The van der Waals surface area contributed by atoms with Crippen molar-refractivity contribution in [2.24, 2.45) is 5.92 Å². The molecule has 0 aliphatic carbocycles. The van der Waals surface area contributed by atoms with Crippen LogP contribution in [0.4, 0.5) is 4.79 Å². The molecule has 5 nitrogen and oxygen atoms in total. The largest absolute Gasteiger partial charge is 0.480 e. The quantitative estimate of drug-likeness (QED) is 0.571. The van der Waals surface area contributed by atoms with Gasteiger partial charge in [0.15, 0.2) is 0 Å². The van der Waals surface area contributed by atoms with Crippen molar-refractivity contribution in [3.05, 3.63) is 0 Å². The van der Waals surface area contributed by atoms with Crippen molar-refractivity contribution in [2.45, 2.75) is 52.5 Å². The summed E-state index contributed by atoms with van der Waals surface area (Å²) in [5.74, 6) is -1.06. The molecule has 0 aliphatic heterocycles. The fraction of sp³-hybridized carbons (Fsp3) is 0.833. The summed E-state index contributed by atoms with van der Waals surface area (Å²) >= 11 is 0. The second kappa shape index (κ2) is 8.84. The fourth-order valence-electron chi connectivity index (χ4n) is 1.45. The molecule has 5 heteroatoms. The summed E-state index contributed by atoms with van der Waals surface area (Å²) in [5.41, 5.74) is 0. The van der Waals surface area contributed by atoms with Gasteiger partial charge in [-0.05, 0) is 12.3 Å². The molecule has 0 aromatic rings. The first-order valence-electron chi connectivity index (χ1n) is 6.30. The molecule has 0 rings (SSSR count). The zero-order valence-corrected chi connectivity index (χ0v) is 11.0. The van der Waals surface area contributed by atoms with Crippen LogP contribution in [-0.2, 0) is 4.79 Å². The highest BCUT2D eigenvalue weighted by Crippen LogP contribution is 2.07. The Labute approximate surface area is 103 Å². The molecule has 0 heterocycles. The number of carbonyl (C=O) groups excluding carboxylic acids is 1. The van der Waals surface area contributed by atoms with Gasteiger partial charge in [-0.25, -0.2) is 9.59 Å². The third-order valence-corrected chi connectivity index (χ3v) is 2.83. The van der Waals surface area contributed by atoms with Gasteiger partial charge in [-0.2, -0.15) is 0 Å². The SMILES string of the molecule is CCCCCNC(=O)N[C@H](C(=O)O)C(C)CC. The maximum absolute atomic E-state index is 11.5. The van der Waals surface area contributed by atoms with E-state index < -0.39 is 18.0 Å². The summed E-state index contributed by atoms with van der Waals surface area (Å²) in [4.78, 5) is 22.4. The van der Waals surface area contributed by atoms with E-state index in [-0.39, 0.29) is 5.92 Å². The van der Waals surface area contributed by atoms with Crippen molar-refractivity contribution in [3.63, 3.8) is 0 Å². The lowest BCUT2D eigenvalue weighted by atomic mass is 9.99. The van der Waals surface area contributed by atoms with Crippen LogP contribution in [0.3, 0.4) is 0 Å². The number of hydrogen-bond donors (Lipinski definition) is 3. The Morgan fingerprint density at radius 2 is 1.88 bits per heavy atom. The molecule has 2 atom stereocenters. The highest BCUT2D eigenvalue weighted by molar-refractivity contribution is 5.82. The van der Waals surface area contributed by atoms with E-state index in [9.17, 15) is 9.59 Å². The molecule has 0 fully saturated rings. The molecule has 1 unspecified atom stereocenters. The van der Waals surface area contributed by atoms with E-state index in [2.05, 4.69) is 17.6 Å². The molecule has 0 radical (unpaired) electrons. The molecule has 2 amide bonds. The Kier molecular flexibility index (Phi) is 8.19. The van der Waals surface area contributed by atoms with Crippen LogP contribution in [0.5, 0.6) is 0 Å². The Hall–Kier alpha value is -1.26. The Morgan fingerprint density at radius 3 is 2.35 bits per heavy atom. The summed E-state index contributed by atoms with van der Waals surface area (Å²) in [6.45, 7) is 6.40. The van der Waals surface area contributed by atoms with E-state index in [1.807, 2.05) is 13.8 Å². The third-order valence-electron chi connectivity index (χ3n) is 2.83. The topological polar surface area (TPSA) is 78.4 Å². The number of aliphatic carboxylic acids is 1. The van der Waals surface area contributed by atoms with Crippen molar-refractivity contribution in [3.8, 4) is 0 Å². The van der Waals surface area contributed by atoms with Crippen LogP contribution in [0.25, 0.3) is 0 Å². The summed E-state index contributed by atoms with van der Waals surface area (Å²) < 4.78 is 0. The average molecular weight is 244 g/mol. The standard InChI is InChI=1S/C12H24N2O3/c1-4-6-7-8-13-12(17)14-10(11(15)16)9(3)5-2/h9-10H,4-8H2,1-3H3,(H,15,16)(H2,13,14,17)/t9?,10-/m0/s1. The van der Waals surface area contributed by atoms with Gasteiger partial charge in [0.1, 0.15) is 6.04 Å². The number of unbranched alkanes of at least 4 members (excludes halogenated alkanes) is 2. The van der Waals surface area contributed by atoms with Gasteiger partial charge in [0.25, 0.3) is 0 Å². The molecular formula is C12H24N2O3. The maximum Gasteiger partial charge on any atom is 0.326 e. The summed E-state index contributed by atoms with van der Waals surface area (Å²) in [6.07, 6.45) is 3.79. The first-order chi connectivity index (χ1) is 8.02. The van der Waals surface area contributed by atoms with Crippen LogP contribution in [0.1, 0.15) is 46.5 Å². The number of carboxylic acids is 1. The lowest BCUT2D eigenvalue weighted by Gasteiger charge is -2.20. The van der Waals surface area contributed by atoms with Gasteiger partial charge < -0.3 is 15.7 Å². The van der Waals surface area contributed by atoms with Gasteiger partial charge >= 0.3 is 12.0 Å². The van der Waals surface area contributed by atoms with Crippen molar-refractivity contribution in [1.29, 1.82) is 0 Å². The van der Waals surface area contributed by atoms with E-state index in [0.29, 0.717) is 13.0 Å². The molecule has 0 aromatic carbocycles. The maximum atomic E-state index is 11.5. The third kappa shape index (κ3) is 6.81. The number of nitrogens with one attached hydrogen (secondary N) is 2. The van der Waals surface area contributed by atoms with Crippen LogP contribution in [-0.4, -0.2) is 29.7 Å². The van der Waals surface area contributed by atoms with Crippen LogP contribution < -0.4 is 10.6 Å². The fourth-order valence-corrected chi connectivity index (χ4v) is 1.45. The highest BCUT2D eigenvalue weighted by Gasteiger charge is 2.24. The Balaban J connectivity index is 4.00. The molecule has 0 saturated heterocycles.